The average Bonchev–Trinajstić information content (AvgIpc) is 2.96. The second-order valence-corrected chi connectivity index (χ2v) is 7.19. The smallest absolute Gasteiger partial charge is 0.241 e. The lowest BCUT2D eigenvalue weighted by Crippen LogP contribution is -2.50. The molecule has 0 bridgehead atoms. The second kappa shape index (κ2) is 7.01. The molecule has 0 amide bonds. The zero-order valence-corrected chi connectivity index (χ0v) is 14.7. The van der Waals surface area contributed by atoms with Crippen LogP contribution in [0.25, 0.3) is 11.4 Å². The number of aryl methyl sites for hydroxylation is 1. The summed E-state index contributed by atoms with van der Waals surface area (Å²) in [7, 11) is 0. The van der Waals surface area contributed by atoms with Gasteiger partial charge in [-0.15, -0.1) is 0 Å². The minimum Gasteiger partial charge on any atom is -0.389 e. The molecule has 1 aliphatic heterocycles. The summed E-state index contributed by atoms with van der Waals surface area (Å²) in [6.07, 6.45) is 0. The van der Waals surface area contributed by atoms with Gasteiger partial charge in [0.1, 0.15) is 0 Å². The number of aliphatic hydroxyl groups is 1. The molecule has 1 aliphatic rings. The van der Waals surface area contributed by atoms with Crippen LogP contribution in [0.4, 0.5) is 0 Å². The summed E-state index contributed by atoms with van der Waals surface area (Å²) in [6, 6.07) is 8.06. The number of piperazine rings is 1. The van der Waals surface area contributed by atoms with Crippen LogP contribution in [-0.4, -0.2) is 63.4 Å². The molecule has 1 fully saturated rings. The number of nitrogens with zero attached hydrogens (tertiary/aromatic N) is 4. The topological polar surface area (TPSA) is 65.6 Å². The Hall–Kier alpha value is -1.76. The molecule has 1 N–H and O–H groups in total. The van der Waals surface area contributed by atoms with Crippen LogP contribution in [-0.2, 0) is 6.54 Å². The molecule has 2 heterocycles. The van der Waals surface area contributed by atoms with Gasteiger partial charge in [0.15, 0.2) is 0 Å². The van der Waals surface area contributed by atoms with Crippen LogP contribution < -0.4 is 0 Å². The standard InChI is InChI=1S/C18H26N4O2/c1-14-6-4-5-7-15(14)17-19-16(24-20-17)12-21-8-10-22(11-9-21)13-18(2,3)23/h4-7,23H,8-13H2,1-3H3. The zero-order chi connectivity index (χ0) is 17.2. The van der Waals surface area contributed by atoms with E-state index in [1.54, 1.807) is 0 Å². The van der Waals surface area contributed by atoms with E-state index in [-0.39, 0.29) is 0 Å². The number of hydrogen-bond donors (Lipinski definition) is 1. The van der Waals surface area contributed by atoms with Gasteiger partial charge in [0, 0.05) is 38.3 Å². The normalized spacial score (nSPS) is 17.3. The molecule has 0 radical (unpaired) electrons. The van der Waals surface area contributed by atoms with E-state index in [1.165, 1.54) is 0 Å². The fourth-order valence-corrected chi connectivity index (χ4v) is 3.10. The lowest BCUT2D eigenvalue weighted by atomic mass is 10.1. The predicted octanol–water partition coefficient (Wildman–Crippen LogP) is 1.93. The summed E-state index contributed by atoms with van der Waals surface area (Å²) >= 11 is 0. The van der Waals surface area contributed by atoms with E-state index in [0.29, 0.717) is 24.8 Å². The van der Waals surface area contributed by atoms with Gasteiger partial charge in [0.05, 0.1) is 12.1 Å². The van der Waals surface area contributed by atoms with Crippen LogP contribution in [0.3, 0.4) is 0 Å². The van der Waals surface area contributed by atoms with Crippen LogP contribution in [0, 0.1) is 6.92 Å². The fourth-order valence-electron chi connectivity index (χ4n) is 3.10. The number of hydrogen-bond acceptors (Lipinski definition) is 6. The van der Waals surface area contributed by atoms with Crippen molar-refractivity contribution in [3.05, 3.63) is 35.7 Å². The van der Waals surface area contributed by atoms with E-state index in [4.69, 9.17) is 4.52 Å². The highest BCUT2D eigenvalue weighted by Gasteiger charge is 2.23. The maximum atomic E-state index is 9.92. The highest BCUT2D eigenvalue weighted by atomic mass is 16.5. The van der Waals surface area contributed by atoms with Crippen molar-refractivity contribution in [2.45, 2.75) is 32.9 Å². The Morgan fingerprint density at radius 1 is 1.12 bits per heavy atom. The molecule has 0 aliphatic carbocycles. The molecule has 6 nitrogen and oxygen atoms in total. The van der Waals surface area contributed by atoms with Gasteiger partial charge >= 0.3 is 0 Å². The number of β-amino-alcohol motifs (C(OH)–C–C–N with tert-alkyl or cyclic N) is 1. The van der Waals surface area contributed by atoms with Gasteiger partial charge in [-0.2, -0.15) is 4.98 Å². The molecule has 0 atom stereocenters. The van der Waals surface area contributed by atoms with Crippen molar-refractivity contribution >= 4 is 0 Å². The van der Waals surface area contributed by atoms with Gasteiger partial charge in [-0.1, -0.05) is 29.4 Å². The highest BCUT2D eigenvalue weighted by Crippen LogP contribution is 2.20. The monoisotopic (exact) mass is 330 g/mol. The molecule has 24 heavy (non-hydrogen) atoms. The van der Waals surface area contributed by atoms with Gasteiger partial charge in [-0.3, -0.25) is 9.80 Å². The minimum absolute atomic E-state index is 0.642. The van der Waals surface area contributed by atoms with Crippen molar-refractivity contribution in [1.82, 2.24) is 19.9 Å². The van der Waals surface area contributed by atoms with Gasteiger partial charge in [0.2, 0.25) is 11.7 Å². The van der Waals surface area contributed by atoms with E-state index in [9.17, 15) is 5.11 Å². The van der Waals surface area contributed by atoms with E-state index >= 15 is 0 Å². The zero-order valence-electron chi connectivity index (χ0n) is 14.7. The third kappa shape index (κ3) is 4.41. The first-order chi connectivity index (χ1) is 11.4. The summed E-state index contributed by atoms with van der Waals surface area (Å²) in [5.74, 6) is 1.31. The molecular weight excluding hydrogens is 304 g/mol. The third-order valence-electron chi connectivity index (χ3n) is 4.29. The summed E-state index contributed by atoms with van der Waals surface area (Å²) in [5.41, 5.74) is 1.52. The summed E-state index contributed by atoms with van der Waals surface area (Å²) in [5, 5.41) is 14.0. The fraction of sp³-hybridized carbons (Fsp3) is 0.556. The predicted molar refractivity (Wildman–Crippen MR) is 92.5 cm³/mol. The molecular formula is C18H26N4O2. The van der Waals surface area contributed by atoms with E-state index in [1.807, 2.05) is 45.0 Å². The molecule has 0 spiro atoms. The number of rotatable bonds is 5. The van der Waals surface area contributed by atoms with E-state index in [0.717, 1.165) is 37.3 Å². The molecule has 6 heteroatoms. The van der Waals surface area contributed by atoms with Crippen LogP contribution in [0.2, 0.25) is 0 Å². The summed E-state index contributed by atoms with van der Waals surface area (Å²) < 4.78 is 5.43. The van der Waals surface area contributed by atoms with Crippen molar-refractivity contribution in [2.24, 2.45) is 0 Å². The molecule has 1 saturated heterocycles. The van der Waals surface area contributed by atoms with E-state index in [2.05, 4.69) is 19.9 Å². The van der Waals surface area contributed by atoms with Crippen molar-refractivity contribution in [1.29, 1.82) is 0 Å². The first-order valence-electron chi connectivity index (χ1n) is 8.46. The van der Waals surface area contributed by atoms with Crippen molar-refractivity contribution in [3.8, 4) is 11.4 Å². The largest absolute Gasteiger partial charge is 0.389 e. The van der Waals surface area contributed by atoms with Gasteiger partial charge in [-0.25, -0.2) is 0 Å². The molecule has 3 rings (SSSR count). The lowest BCUT2D eigenvalue weighted by Gasteiger charge is -2.36. The average molecular weight is 330 g/mol. The number of benzene rings is 1. The van der Waals surface area contributed by atoms with Gasteiger partial charge in [-0.05, 0) is 26.3 Å². The van der Waals surface area contributed by atoms with Gasteiger partial charge < -0.3 is 9.63 Å². The Morgan fingerprint density at radius 3 is 2.46 bits per heavy atom. The minimum atomic E-state index is -0.642. The Labute approximate surface area is 143 Å². The molecule has 1 aromatic heterocycles. The maximum absolute atomic E-state index is 9.92. The first-order valence-corrected chi connectivity index (χ1v) is 8.46. The second-order valence-electron chi connectivity index (χ2n) is 7.19. The highest BCUT2D eigenvalue weighted by molar-refractivity contribution is 5.58. The van der Waals surface area contributed by atoms with Crippen LogP contribution in [0.15, 0.2) is 28.8 Å². The molecule has 130 valence electrons. The summed E-state index contributed by atoms with van der Waals surface area (Å²) in [4.78, 5) is 9.15. The van der Waals surface area contributed by atoms with Gasteiger partial charge in [0.25, 0.3) is 0 Å². The van der Waals surface area contributed by atoms with Crippen LogP contribution in [0.5, 0.6) is 0 Å². The maximum Gasteiger partial charge on any atom is 0.241 e. The first kappa shape index (κ1) is 17.1. The number of aromatic nitrogens is 2. The Morgan fingerprint density at radius 2 is 1.79 bits per heavy atom. The quantitative estimate of drug-likeness (QED) is 0.904. The SMILES string of the molecule is Cc1ccccc1-c1noc(CN2CCN(CC(C)(C)O)CC2)n1. The Balaban J connectivity index is 1.56. The molecule has 2 aromatic rings. The van der Waals surface area contributed by atoms with Crippen LogP contribution >= 0.6 is 0 Å². The lowest BCUT2D eigenvalue weighted by molar-refractivity contribution is 0.0153. The molecule has 1 aromatic carbocycles. The third-order valence-corrected chi connectivity index (χ3v) is 4.29. The van der Waals surface area contributed by atoms with Crippen molar-refractivity contribution in [3.63, 3.8) is 0 Å². The van der Waals surface area contributed by atoms with Crippen molar-refractivity contribution < 1.29 is 9.63 Å². The van der Waals surface area contributed by atoms with E-state index < -0.39 is 5.60 Å². The molecule has 0 saturated carbocycles. The summed E-state index contributed by atoms with van der Waals surface area (Å²) in [6.45, 7) is 10.9. The Kier molecular flexibility index (Phi) is 4.99. The molecule has 0 unspecified atom stereocenters. The Bertz CT molecular complexity index is 670. The van der Waals surface area contributed by atoms with Crippen LogP contribution in [0.1, 0.15) is 25.3 Å². The van der Waals surface area contributed by atoms with Crippen molar-refractivity contribution in [2.75, 3.05) is 32.7 Å².